The van der Waals surface area contributed by atoms with Gasteiger partial charge in [0.1, 0.15) is 0 Å². The van der Waals surface area contributed by atoms with Gasteiger partial charge in [-0.05, 0) is 37.8 Å². The summed E-state index contributed by atoms with van der Waals surface area (Å²) >= 11 is 0. The lowest BCUT2D eigenvalue weighted by molar-refractivity contribution is 0.0721. The van der Waals surface area contributed by atoms with Crippen LogP contribution in [0.25, 0.3) is 0 Å². The molecule has 0 atom stereocenters. The van der Waals surface area contributed by atoms with Gasteiger partial charge in [0.15, 0.2) is 0 Å². The highest BCUT2D eigenvalue weighted by Gasteiger charge is 2.30. The summed E-state index contributed by atoms with van der Waals surface area (Å²) in [5, 5.41) is 3.45. The number of nitrogens with one attached hydrogen (secondary N) is 1. The topological polar surface area (TPSA) is 15.3 Å². The molecule has 2 fully saturated rings. The third-order valence-corrected chi connectivity index (χ3v) is 5.00. The fourth-order valence-corrected chi connectivity index (χ4v) is 3.69. The van der Waals surface area contributed by atoms with Crippen LogP contribution < -0.4 is 5.32 Å². The van der Waals surface area contributed by atoms with Crippen LogP contribution >= 0.6 is 0 Å². The molecule has 0 amide bonds. The number of hydrogen-bond donors (Lipinski definition) is 1. The molecule has 2 nitrogen and oxygen atoms in total. The molecule has 0 aromatic heterocycles. The van der Waals surface area contributed by atoms with Crippen LogP contribution in [0.4, 0.5) is 0 Å². The first-order valence-electron chi connectivity index (χ1n) is 8.44. The predicted molar refractivity (Wildman–Crippen MR) is 85.0 cm³/mol. The van der Waals surface area contributed by atoms with E-state index in [2.05, 4.69) is 40.5 Å². The molecule has 1 aliphatic carbocycles. The highest BCUT2D eigenvalue weighted by molar-refractivity contribution is 5.14. The summed E-state index contributed by atoms with van der Waals surface area (Å²) in [6, 6.07) is 12.6. The van der Waals surface area contributed by atoms with Crippen molar-refractivity contribution in [2.75, 3.05) is 19.6 Å². The molecule has 1 aliphatic heterocycles. The van der Waals surface area contributed by atoms with Gasteiger partial charge in [0.25, 0.3) is 0 Å². The first-order valence-corrected chi connectivity index (χ1v) is 8.44. The van der Waals surface area contributed by atoms with E-state index in [0.717, 1.165) is 12.1 Å². The Kier molecular flexibility index (Phi) is 5.10. The first-order chi connectivity index (χ1) is 9.93. The van der Waals surface area contributed by atoms with Crippen LogP contribution in [0.2, 0.25) is 0 Å². The second-order valence-corrected chi connectivity index (χ2v) is 6.43. The summed E-state index contributed by atoms with van der Waals surface area (Å²) in [4.78, 5) is 2.83. The maximum atomic E-state index is 3.45. The molecule has 1 saturated carbocycles. The zero-order chi connectivity index (χ0) is 13.6. The summed E-state index contributed by atoms with van der Waals surface area (Å²) < 4.78 is 0. The normalized spacial score (nSPS) is 21.1. The van der Waals surface area contributed by atoms with E-state index in [-0.39, 0.29) is 0 Å². The summed E-state index contributed by atoms with van der Waals surface area (Å²) in [5.74, 6) is 0. The largest absolute Gasteiger partial charge is 0.314 e. The van der Waals surface area contributed by atoms with Crippen molar-refractivity contribution in [2.24, 2.45) is 0 Å². The molecule has 2 heteroatoms. The van der Waals surface area contributed by atoms with E-state index in [1.165, 1.54) is 70.1 Å². The molecule has 1 heterocycles. The SMILES string of the molecule is c1ccc(CCCN(C2CCCCC2)C2CNC2)cc1. The minimum absolute atomic E-state index is 0.814. The van der Waals surface area contributed by atoms with Gasteiger partial charge in [-0.2, -0.15) is 0 Å². The minimum Gasteiger partial charge on any atom is -0.314 e. The van der Waals surface area contributed by atoms with Crippen molar-refractivity contribution in [3.05, 3.63) is 35.9 Å². The maximum Gasteiger partial charge on any atom is 0.0348 e. The molecule has 20 heavy (non-hydrogen) atoms. The van der Waals surface area contributed by atoms with Gasteiger partial charge in [0, 0.05) is 25.2 Å². The van der Waals surface area contributed by atoms with E-state index in [1.54, 1.807) is 0 Å². The van der Waals surface area contributed by atoms with Crippen LogP contribution in [-0.4, -0.2) is 36.6 Å². The van der Waals surface area contributed by atoms with Crippen molar-refractivity contribution >= 4 is 0 Å². The Balaban J connectivity index is 1.50. The molecule has 2 aliphatic rings. The average molecular weight is 272 g/mol. The van der Waals surface area contributed by atoms with Gasteiger partial charge in [-0.25, -0.2) is 0 Å². The monoisotopic (exact) mass is 272 g/mol. The van der Waals surface area contributed by atoms with Crippen LogP contribution in [-0.2, 0) is 6.42 Å². The Bertz CT molecular complexity index is 380. The second kappa shape index (κ2) is 7.24. The van der Waals surface area contributed by atoms with Crippen LogP contribution in [0.1, 0.15) is 44.1 Å². The Hall–Kier alpha value is -0.860. The fourth-order valence-electron chi connectivity index (χ4n) is 3.69. The molecule has 0 bridgehead atoms. The standard InChI is InChI=1S/C18H28N2/c1-3-8-16(9-4-1)10-7-13-20(18-14-19-15-18)17-11-5-2-6-12-17/h1,3-4,8-9,17-19H,2,5-7,10-15H2. The molecule has 0 spiro atoms. The molecule has 3 rings (SSSR count). The Morgan fingerprint density at radius 2 is 1.70 bits per heavy atom. The number of aryl methyl sites for hydroxylation is 1. The van der Waals surface area contributed by atoms with Crippen LogP contribution in [0.5, 0.6) is 0 Å². The second-order valence-electron chi connectivity index (χ2n) is 6.43. The molecular weight excluding hydrogens is 244 g/mol. The molecule has 0 radical (unpaired) electrons. The fraction of sp³-hybridized carbons (Fsp3) is 0.667. The molecular formula is C18H28N2. The van der Waals surface area contributed by atoms with E-state index in [9.17, 15) is 0 Å². The van der Waals surface area contributed by atoms with Crippen molar-refractivity contribution in [1.82, 2.24) is 10.2 Å². The summed E-state index contributed by atoms with van der Waals surface area (Å²) in [5.41, 5.74) is 1.49. The zero-order valence-electron chi connectivity index (χ0n) is 12.6. The van der Waals surface area contributed by atoms with E-state index in [4.69, 9.17) is 0 Å². The number of nitrogens with zero attached hydrogens (tertiary/aromatic N) is 1. The van der Waals surface area contributed by atoms with Gasteiger partial charge in [-0.15, -0.1) is 0 Å². The number of rotatable bonds is 6. The van der Waals surface area contributed by atoms with Gasteiger partial charge < -0.3 is 5.32 Å². The molecule has 1 aromatic carbocycles. The number of benzene rings is 1. The predicted octanol–water partition coefficient (Wildman–Crippen LogP) is 3.23. The van der Waals surface area contributed by atoms with Gasteiger partial charge in [0.05, 0.1) is 0 Å². The average Bonchev–Trinajstić information content (AvgIpc) is 2.46. The van der Waals surface area contributed by atoms with Crippen LogP contribution in [0.3, 0.4) is 0 Å². The van der Waals surface area contributed by atoms with Crippen LogP contribution in [0.15, 0.2) is 30.3 Å². The lowest BCUT2D eigenvalue weighted by atomic mass is 9.92. The molecule has 1 aromatic rings. The quantitative estimate of drug-likeness (QED) is 0.855. The van der Waals surface area contributed by atoms with Gasteiger partial charge in [-0.1, -0.05) is 49.6 Å². The van der Waals surface area contributed by atoms with Crippen molar-refractivity contribution in [3.63, 3.8) is 0 Å². The smallest absolute Gasteiger partial charge is 0.0348 e. The van der Waals surface area contributed by atoms with Crippen molar-refractivity contribution in [3.8, 4) is 0 Å². The summed E-state index contributed by atoms with van der Waals surface area (Å²) in [6.45, 7) is 3.70. The van der Waals surface area contributed by atoms with Crippen molar-refractivity contribution in [2.45, 2.75) is 57.0 Å². The minimum atomic E-state index is 0.814. The molecule has 1 N–H and O–H groups in total. The zero-order valence-corrected chi connectivity index (χ0v) is 12.6. The maximum absolute atomic E-state index is 3.45. The summed E-state index contributed by atoms with van der Waals surface area (Å²) in [6.07, 6.45) is 9.74. The van der Waals surface area contributed by atoms with Gasteiger partial charge >= 0.3 is 0 Å². The van der Waals surface area contributed by atoms with E-state index in [0.29, 0.717) is 0 Å². The van der Waals surface area contributed by atoms with E-state index in [1.807, 2.05) is 0 Å². The lowest BCUT2D eigenvalue weighted by Crippen LogP contribution is -2.60. The van der Waals surface area contributed by atoms with Crippen molar-refractivity contribution < 1.29 is 0 Å². The van der Waals surface area contributed by atoms with Gasteiger partial charge in [0.2, 0.25) is 0 Å². The van der Waals surface area contributed by atoms with Gasteiger partial charge in [-0.3, -0.25) is 4.90 Å². The lowest BCUT2D eigenvalue weighted by Gasteiger charge is -2.44. The Labute approximate surface area is 123 Å². The highest BCUT2D eigenvalue weighted by atomic mass is 15.3. The van der Waals surface area contributed by atoms with E-state index >= 15 is 0 Å². The Morgan fingerprint density at radius 3 is 2.35 bits per heavy atom. The summed E-state index contributed by atoms with van der Waals surface area (Å²) in [7, 11) is 0. The molecule has 0 unspecified atom stereocenters. The first kappa shape index (κ1) is 14.1. The third-order valence-electron chi connectivity index (χ3n) is 5.00. The third kappa shape index (κ3) is 3.62. The highest BCUT2D eigenvalue weighted by Crippen LogP contribution is 2.25. The Morgan fingerprint density at radius 1 is 0.950 bits per heavy atom. The van der Waals surface area contributed by atoms with E-state index < -0.39 is 0 Å². The van der Waals surface area contributed by atoms with Crippen molar-refractivity contribution in [1.29, 1.82) is 0 Å². The molecule has 110 valence electrons. The van der Waals surface area contributed by atoms with Crippen LogP contribution in [0, 0.1) is 0 Å². The number of hydrogen-bond acceptors (Lipinski definition) is 2. The molecule has 1 saturated heterocycles.